The molecule has 2 aliphatic heterocycles. The molecule has 0 saturated carbocycles. The Kier molecular flexibility index (Phi) is 5.50. The lowest BCUT2D eigenvalue weighted by Crippen LogP contribution is -2.38. The van der Waals surface area contributed by atoms with E-state index in [1.807, 2.05) is 29.4 Å². The third kappa shape index (κ3) is 4.04. The summed E-state index contributed by atoms with van der Waals surface area (Å²) in [5.41, 5.74) is 3.38. The van der Waals surface area contributed by atoms with Crippen molar-refractivity contribution in [1.82, 2.24) is 29.4 Å². The minimum Gasteiger partial charge on any atom is -0.484 e. The van der Waals surface area contributed by atoms with Crippen LogP contribution >= 0.6 is 0 Å². The predicted octanol–water partition coefficient (Wildman–Crippen LogP) is 4.37. The molecule has 2 fully saturated rings. The molecule has 11 heteroatoms. The zero-order valence-corrected chi connectivity index (χ0v) is 20.2. The van der Waals surface area contributed by atoms with Crippen LogP contribution in [-0.4, -0.2) is 55.2 Å². The molecule has 7 rings (SSSR count). The second-order valence-electron chi connectivity index (χ2n) is 9.46. The zero-order chi connectivity index (χ0) is 25.6. The highest BCUT2D eigenvalue weighted by Gasteiger charge is 2.30. The number of fused-ring (bicyclic) bond motifs is 1. The topological polar surface area (TPSA) is 82.6 Å². The summed E-state index contributed by atoms with van der Waals surface area (Å²) < 4.78 is 43.0. The van der Waals surface area contributed by atoms with Crippen molar-refractivity contribution in [1.29, 1.82) is 0 Å². The Labute approximate surface area is 216 Å². The van der Waals surface area contributed by atoms with Crippen LogP contribution in [0.1, 0.15) is 24.4 Å². The van der Waals surface area contributed by atoms with Crippen LogP contribution in [0.5, 0.6) is 5.75 Å². The van der Waals surface area contributed by atoms with Crippen LogP contribution in [0.15, 0.2) is 67.5 Å². The van der Waals surface area contributed by atoms with Crippen LogP contribution in [0.25, 0.3) is 22.5 Å². The van der Waals surface area contributed by atoms with E-state index in [2.05, 4.69) is 15.2 Å². The SMILES string of the molecule is Fc1ccc(F)c(C2CCCN2c2ccn3ncc(-n4cc(-c5cncc(OC6COC6)c5)cn4)c3n2)c1. The molecule has 38 heavy (non-hydrogen) atoms. The van der Waals surface area contributed by atoms with Gasteiger partial charge in [0.05, 0.1) is 37.8 Å². The fraction of sp³-hybridized carbons (Fsp3) is 0.259. The first kappa shape index (κ1) is 22.8. The van der Waals surface area contributed by atoms with Gasteiger partial charge in [-0.05, 0) is 43.2 Å². The van der Waals surface area contributed by atoms with E-state index < -0.39 is 11.6 Å². The summed E-state index contributed by atoms with van der Waals surface area (Å²) in [7, 11) is 0. The molecule has 2 aliphatic rings. The van der Waals surface area contributed by atoms with E-state index in [0.29, 0.717) is 54.6 Å². The van der Waals surface area contributed by atoms with Crippen LogP contribution in [-0.2, 0) is 4.74 Å². The maximum Gasteiger partial charge on any atom is 0.183 e. The second kappa shape index (κ2) is 9.18. The summed E-state index contributed by atoms with van der Waals surface area (Å²) in [6, 6.07) is 7.08. The van der Waals surface area contributed by atoms with E-state index in [9.17, 15) is 8.78 Å². The van der Waals surface area contributed by atoms with Crippen molar-refractivity contribution < 1.29 is 18.3 Å². The second-order valence-corrected chi connectivity index (χ2v) is 9.46. The Morgan fingerprint density at radius 3 is 2.76 bits per heavy atom. The van der Waals surface area contributed by atoms with Crippen molar-refractivity contribution in [3.8, 4) is 22.6 Å². The number of aromatic nitrogens is 6. The molecule has 6 heterocycles. The van der Waals surface area contributed by atoms with Gasteiger partial charge < -0.3 is 14.4 Å². The number of halogens is 2. The lowest BCUT2D eigenvalue weighted by molar-refractivity contribution is -0.0797. The smallest absolute Gasteiger partial charge is 0.183 e. The standard InChI is InChI=1S/C27H23F2N7O2/c28-19-3-4-23(29)22(9-19)24-2-1-6-34(24)26-5-7-35-27(33-26)25(13-32-35)36-14-18(11-31-36)17-8-20(12-30-10-17)38-21-15-37-16-21/h3-5,7-14,21,24H,1-2,6,15-16H2. The highest BCUT2D eigenvalue weighted by Crippen LogP contribution is 2.37. The number of rotatable bonds is 6. The Morgan fingerprint density at radius 2 is 1.89 bits per heavy atom. The van der Waals surface area contributed by atoms with Crippen molar-refractivity contribution in [3.63, 3.8) is 0 Å². The van der Waals surface area contributed by atoms with Gasteiger partial charge in [-0.3, -0.25) is 4.98 Å². The van der Waals surface area contributed by atoms with Crippen molar-refractivity contribution in [3.05, 3.63) is 84.7 Å². The molecule has 1 unspecified atom stereocenters. The maximum absolute atomic E-state index is 14.6. The van der Waals surface area contributed by atoms with Gasteiger partial charge in [-0.1, -0.05) is 0 Å². The number of nitrogens with zero attached hydrogens (tertiary/aromatic N) is 7. The minimum absolute atomic E-state index is 0.0569. The molecular weight excluding hydrogens is 492 g/mol. The van der Waals surface area contributed by atoms with E-state index in [1.165, 1.54) is 12.1 Å². The fourth-order valence-corrected chi connectivity index (χ4v) is 5.02. The van der Waals surface area contributed by atoms with E-state index in [1.54, 1.807) is 34.0 Å². The number of hydrogen-bond donors (Lipinski definition) is 0. The molecular formula is C27H23F2N7O2. The van der Waals surface area contributed by atoms with Gasteiger partial charge in [0.15, 0.2) is 5.65 Å². The average Bonchev–Trinajstić information content (AvgIpc) is 3.67. The van der Waals surface area contributed by atoms with E-state index >= 15 is 0 Å². The first-order chi connectivity index (χ1) is 18.6. The van der Waals surface area contributed by atoms with Crippen LogP contribution in [0.2, 0.25) is 0 Å². The van der Waals surface area contributed by atoms with Gasteiger partial charge in [0.2, 0.25) is 0 Å². The molecule has 9 nitrogen and oxygen atoms in total. The zero-order valence-electron chi connectivity index (χ0n) is 20.2. The number of anilines is 1. The molecule has 0 N–H and O–H groups in total. The average molecular weight is 516 g/mol. The quantitative estimate of drug-likeness (QED) is 0.332. The van der Waals surface area contributed by atoms with E-state index in [-0.39, 0.29) is 12.1 Å². The molecule has 5 aromatic rings. The first-order valence-corrected chi connectivity index (χ1v) is 12.4. The number of benzene rings is 1. The summed E-state index contributed by atoms with van der Waals surface area (Å²) in [4.78, 5) is 11.2. The Bertz CT molecular complexity index is 1630. The number of ether oxygens (including phenoxy) is 2. The summed E-state index contributed by atoms with van der Waals surface area (Å²) >= 11 is 0. The molecule has 1 atom stereocenters. The molecule has 2 saturated heterocycles. The van der Waals surface area contributed by atoms with Gasteiger partial charge in [-0.2, -0.15) is 10.2 Å². The highest BCUT2D eigenvalue weighted by atomic mass is 19.1. The Hall–Kier alpha value is -4.38. The summed E-state index contributed by atoms with van der Waals surface area (Å²) in [6.07, 6.45) is 12.2. The van der Waals surface area contributed by atoms with Gasteiger partial charge in [-0.15, -0.1) is 0 Å². The molecule has 1 aromatic carbocycles. The van der Waals surface area contributed by atoms with Crippen LogP contribution < -0.4 is 9.64 Å². The van der Waals surface area contributed by atoms with Gasteiger partial charge in [0, 0.05) is 41.8 Å². The monoisotopic (exact) mass is 515 g/mol. The number of hydrogen-bond acceptors (Lipinski definition) is 7. The summed E-state index contributed by atoms with van der Waals surface area (Å²) in [5, 5.41) is 8.98. The summed E-state index contributed by atoms with van der Waals surface area (Å²) in [6.45, 7) is 1.86. The van der Waals surface area contributed by atoms with Gasteiger partial charge in [0.1, 0.15) is 35.0 Å². The molecule has 192 valence electrons. The van der Waals surface area contributed by atoms with Crippen LogP contribution in [0.4, 0.5) is 14.6 Å². The van der Waals surface area contributed by atoms with Crippen molar-refractivity contribution >= 4 is 11.5 Å². The molecule has 0 amide bonds. The Morgan fingerprint density at radius 1 is 0.974 bits per heavy atom. The summed E-state index contributed by atoms with van der Waals surface area (Å²) in [5.74, 6) is 0.490. The maximum atomic E-state index is 14.6. The lowest BCUT2D eigenvalue weighted by atomic mass is 10.0. The first-order valence-electron chi connectivity index (χ1n) is 12.4. The molecule has 0 radical (unpaired) electrons. The van der Waals surface area contributed by atoms with E-state index in [0.717, 1.165) is 23.6 Å². The number of pyridine rings is 1. The lowest BCUT2D eigenvalue weighted by Gasteiger charge is -2.26. The van der Waals surface area contributed by atoms with Gasteiger partial charge in [-0.25, -0.2) is 23.0 Å². The Balaban J connectivity index is 1.20. The normalized spacial score (nSPS) is 17.7. The minimum atomic E-state index is -0.450. The molecule has 0 spiro atoms. The van der Waals surface area contributed by atoms with E-state index in [4.69, 9.17) is 14.5 Å². The largest absolute Gasteiger partial charge is 0.484 e. The van der Waals surface area contributed by atoms with Crippen molar-refractivity contribution in [2.45, 2.75) is 25.0 Å². The van der Waals surface area contributed by atoms with Crippen LogP contribution in [0, 0.1) is 11.6 Å². The van der Waals surface area contributed by atoms with Gasteiger partial charge in [0.25, 0.3) is 0 Å². The molecule has 0 aliphatic carbocycles. The molecule has 4 aromatic heterocycles. The third-order valence-electron chi connectivity index (χ3n) is 6.99. The van der Waals surface area contributed by atoms with Crippen molar-refractivity contribution in [2.24, 2.45) is 0 Å². The molecule has 0 bridgehead atoms. The third-order valence-corrected chi connectivity index (χ3v) is 6.99. The van der Waals surface area contributed by atoms with Gasteiger partial charge >= 0.3 is 0 Å². The highest BCUT2D eigenvalue weighted by molar-refractivity contribution is 5.66. The fourth-order valence-electron chi connectivity index (χ4n) is 5.02. The van der Waals surface area contributed by atoms with Crippen molar-refractivity contribution in [2.75, 3.05) is 24.7 Å². The predicted molar refractivity (Wildman–Crippen MR) is 134 cm³/mol. The van der Waals surface area contributed by atoms with Crippen LogP contribution in [0.3, 0.4) is 0 Å².